The lowest BCUT2D eigenvalue weighted by Gasteiger charge is -2.12. The van der Waals surface area contributed by atoms with Crippen molar-refractivity contribution in [3.63, 3.8) is 0 Å². The third kappa shape index (κ3) is 1.63. The summed E-state index contributed by atoms with van der Waals surface area (Å²) in [6, 6.07) is 0. The summed E-state index contributed by atoms with van der Waals surface area (Å²) in [6.45, 7) is 4.26. The highest BCUT2D eigenvalue weighted by Crippen LogP contribution is 2.23. The zero-order chi connectivity index (χ0) is 7.56. The molecule has 10 heavy (non-hydrogen) atoms. The summed E-state index contributed by atoms with van der Waals surface area (Å²) in [7, 11) is 0. The minimum absolute atomic E-state index is 0.560. The molecule has 0 saturated carbocycles. The Balaban J connectivity index is 2.67. The van der Waals surface area contributed by atoms with Gasteiger partial charge in [0.25, 0.3) is 0 Å². The summed E-state index contributed by atoms with van der Waals surface area (Å²) >= 11 is 0. The van der Waals surface area contributed by atoms with Gasteiger partial charge in [-0.1, -0.05) is 11.1 Å². The summed E-state index contributed by atoms with van der Waals surface area (Å²) in [5.41, 5.74) is 2.89. The van der Waals surface area contributed by atoms with E-state index in [0.29, 0.717) is 5.76 Å². The van der Waals surface area contributed by atoms with Gasteiger partial charge in [-0.3, -0.25) is 0 Å². The third-order valence-corrected chi connectivity index (χ3v) is 1.97. The normalized spacial score (nSPS) is 18.6. The topological polar surface area (TPSA) is 20.2 Å². The van der Waals surface area contributed by atoms with Crippen molar-refractivity contribution in [1.29, 1.82) is 0 Å². The number of rotatable bonds is 0. The Labute approximate surface area is 62.1 Å². The van der Waals surface area contributed by atoms with E-state index in [1.165, 1.54) is 11.1 Å². The highest BCUT2D eigenvalue weighted by atomic mass is 16.3. The van der Waals surface area contributed by atoms with Gasteiger partial charge in [0.2, 0.25) is 0 Å². The van der Waals surface area contributed by atoms with Crippen LogP contribution < -0.4 is 0 Å². The van der Waals surface area contributed by atoms with Crippen molar-refractivity contribution in [2.75, 3.05) is 0 Å². The fourth-order valence-corrected chi connectivity index (χ4v) is 1.18. The molecule has 1 heteroatoms. The molecule has 1 rings (SSSR count). The lowest BCUT2D eigenvalue weighted by atomic mass is 9.96. The van der Waals surface area contributed by atoms with Gasteiger partial charge in [-0.25, -0.2) is 0 Å². The monoisotopic (exact) mass is 138 g/mol. The molecule has 0 bridgehead atoms. The van der Waals surface area contributed by atoms with Crippen LogP contribution in [0.25, 0.3) is 0 Å². The van der Waals surface area contributed by atoms with E-state index in [-0.39, 0.29) is 0 Å². The molecule has 0 spiro atoms. The van der Waals surface area contributed by atoms with E-state index in [0.717, 1.165) is 19.3 Å². The number of aliphatic hydroxyl groups excluding tert-OH is 1. The second-order valence-corrected chi connectivity index (χ2v) is 3.00. The first-order valence-electron chi connectivity index (χ1n) is 3.73. The quantitative estimate of drug-likeness (QED) is 0.510. The van der Waals surface area contributed by atoms with Gasteiger partial charge >= 0.3 is 0 Å². The molecule has 0 heterocycles. The van der Waals surface area contributed by atoms with Crippen LogP contribution in [0.4, 0.5) is 0 Å². The summed E-state index contributed by atoms with van der Waals surface area (Å²) in [6.07, 6.45) is 4.74. The molecule has 1 aliphatic rings. The lowest BCUT2D eigenvalue weighted by molar-refractivity contribution is 0.379. The SMILES string of the molecule is CC(C)=C1CC=C(O)CC1. The van der Waals surface area contributed by atoms with Crippen molar-refractivity contribution < 1.29 is 5.11 Å². The van der Waals surface area contributed by atoms with Crippen LogP contribution in [0, 0.1) is 0 Å². The molecule has 0 aliphatic heterocycles. The van der Waals surface area contributed by atoms with E-state index in [2.05, 4.69) is 13.8 Å². The Bertz CT molecular complexity index is 183. The maximum Gasteiger partial charge on any atom is 0.0889 e. The smallest absolute Gasteiger partial charge is 0.0889 e. The van der Waals surface area contributed by atoms with Gasteiger partial charge < -0.3 is 5.11 Å². The van der Waals surface area contributed by atoms with Crippen molar-refractivity contribution >= 4 is 0 Å². The van der Waals surface area contributed by atoms with E-state index < -0.39 is 0 Å². The van der Waals surface area contributed by atoms with E-state index in [4.69, 9.17) is 5.11 Å². The maximum atomic E-state index is 9.05. The molecule has 0 atom stereocenters. The fourth-order valence-electron chi connectivity index (χ4n) is 1.18. The van der Waals surface area contributed by atoms with Crippen LogP contribution in [0.15, 0.2) is 23.0 Å². The van der Waals surface area contributed by atoms with Crippen molar-refractivity contribution in [1.82, 2.24) is 0 Å². The highest BCUT2D eigenvalue weighted by molar-refractivity contribution is 5.19. The van der Waals surface area contributed by atoms with Crippen LogP contribution in [-0.2, 0) is 0 Å². The van der Waals surface area contributed by atoms with Crippen LogP contribution >= 0.6 is 0 Å². The molecule has 56 valence electrons. The van der Waals surface area contributed by atoms with Crippen LogP contribution in [0.2, 0.25) is 0 Å². The minimum atomic E-state index is 0.560. The Kier molecular flexibility index (Phi) is 2.15. The molecule has 0 radical (unpaired) electrons. The van der Waals surface area contributed by atoms with Crippen molar-refractivity contribution in [2.45, 2.75) is 33.1 Å². The number of aliphatic hydroxyl groups is 1. The van der Waals surface area contributed by atoms with E-state index in [1.54, 1.807) is 0 Å². The summed E-state index contributed by atoms with van der Waals surface area (Å²) in [4.78, 5) is 0. The Morgan fingerprint density at radius 3 is 2.50 bits per heavy atom. The molecule has 0 fully saturated rings. The zero-order valence-electron chi connectivity index (χ0n) is 6.65. The van der Waals surface area contributed by atoms with Crippen LogP contribution in [-0.4, -0.2) is 5.11 Å². The predicted octanol–water partition coefficient (Wildman–Crippen LogP) is 2.95. The van der Waals surface area contributed by atoms with Crippen molar-refractivity contribution in [2.24, 2.45) is 0 Å². The Morgan fingerprint density at radius 1 is 1.40 bits per heavy atom. The minimum Gasteiger partial charge on any atom is -0.513 e. The van der Waals surface area contributed by atoms with Gasteiger partial charge in [0, 0.05) is 6.42 Å². The third-order valence-electron chi connectivity index (χ3n) is 1.97. The maximum absolute atomic E-state index is 9.05. The standard InChI is InChI=1S/C9H14O/c1-7(2)8-3-5-9(10)6-4-8/h5,10H,3-4,6H2,1-2H3. The van der Waals surface area contributed by atoms with Gasteiger partial charge in [-0.2, -0.15) is 0 Å². The average molecular weight is 138 g/mol. The second kappa shape index (κ2) is 2.91. The number of hydrogen-bond acceptors (Lipinski definition) is 1. The highest BCUT2D eigenvalue weighted by Gasteiger charge is 2.06. The van der Waals surface area contributed by atoms with Gasteiger partial charge in [-0.15, -0.1) is 0 Å². The molecular weight excluding hydrogens is 124 g/mol. The molecule has 0 unspecified atom stereocenters. The molecule has 0 aromatic heterocycles. The summed E-state index contributed by atoms with van der Waals surface area (Å²) < 4.78 is 0. The van der Waals surface area contributed by atoms with Crippen LogP contribution in [0.3, 0.4) is 0 Å². The predicted molar refractivity (Wildman–Crippen MR) is 42.9 cm³/mol. The fraction of sp³-hybridized carbons (Fsp3) is 0.556. The molecular formula is C9H14O. The molecule has 0 aromatic carbocycles. The first-order valence-corrected chi connectivity index (χ1v) is 3.73. The molecule has 1 nitrogen and oxygen atoms in total. The van der Waals surface area contributed by atoms with Crippen molar-refractivity contribution in [3.8, 4) is 0 Å². The molecule has 1 N–H and O–H groups in total. The Morgan fingerprint density at radius 2 is 2.10 bits per heavy atom. The number of allylic oxidation sites excluding steroid dienone is 4. The molecule has 0 aromatic rings. The first-order chi connectivity index (χ1) is 4.70. The first kappa shape index (κ1) is 7.39. The van der Waals surface area contributed by atoms with Crippen molar-refractivity contribution in [3.05, 3.63) is 23.0 Å². The zero-order valence-corrected chi connectivity index (χ0v) is 6.65. The van der Waals surface area contributed by atoms with Crippen LogP contribution in [0.5, 0.6) is 0 Å². The van der Waals surface area contributed by atoms with E-state index >= 15 is 0 Å². The van der Waals surface area contributed by atoms with Crippen LogP contribution in [0.1, 0.15) is 33.1 Å². The van der Waals surface area contributed by atoms with Gasteiger partial charge in [0.15, 0.2) is 0 Å². The molecule has 0 amide bonds. The second-order valence-electron chi connectivity index (χ2n) is 3.00. The molecule has 0 saturated heterocycles. The van der Waals surface area contributed by atoms with Gasteiger partial charge in [0.1, 0.15) is 0 Å². The average Bonchev–Trinajstić information content (AvgIpc) is 1.88. The Hall–Kier alpha value is -0.720. The summed E-state index contributed by atoms with van der Waals surface area (Å²) in [5.74, 6) is 0.560. The van der Waals surface area contributed by atoms with Gasteiger partial charge in [-0.05, 0) is 32.8 Å². The lowest BCUT2D eigenvalue weighted by Crippen LogP contribution is -1.95. The van der Waals surface area contributed by atoms with E-state index in [9.17, 15) is 0 Å². The number of hydrogen-bond donors (Lipinski definition) is 1. The summed E-state index contributed by atoms with van der Waals surface area (Å²) in [5, 5.41) is 9.05. The van der Waals surface area contributed by atoms with E-state index in [1.807, 2.05) is 6.08 Å². The molecule has 1 aliphatic carbocycles. The van der Waals surface area contributed by atoms with Gasteiger partial charge in [0.05, 0.1) is 5.76 Å². The largest absolute Gasteiger partial charge is 0.513 e.